The highest BCUT2D eigenvalue weighted by Gasteiger charge is 2.45. The number of aliphatic carboxylic acids is 2. The van der Waals surface area contributed by atoms with Crippen molar-refractivity contribution in [3.63, 3.8) is 0 Å². The molecule has 2 rings (SSSR count). The first kappa shape index (κ1) is 8.29. The van der Waals surface area contributed by atoms with Crippen LogP contribution in [-0.4, -0.2) is 11.9 Å². The van der Waals surface area contributed by atoms with Crippen LogP contribution in [0.1, 0.15) is 6.42 Å². The molecule has 4 nitrogen and oxygen atoms in total. The fourth-order valence-corrected chi connectivity index (χ4v) is 2.46. The van der Waals surface area contributed by atoms with Gasteiger partial charge in [0.15, 0.2) is 0 Å². The van der Waals surface area contributed by atoms with Gasteiger partial charge in [-0.25, -0.2) is 0 Å². The quantitative estimate of drug-likeness (QED) is 0.457. The van der Waals surface area contributed by atoms with Crippen LogP contribution in [0.4, 0.5) is 0 Å². The number of hydrogen-bond donors (Lipinski definition) is 0. The zero-order chi connectivity index (χ0) is 9.59. The Balaban J connectivity index is 2.30. The topological polar surface area (TPSA) is 80.3 Å². The van der Waals surface area contributed by atoms with Gasteiger partial charge in [0.05, 0.1) is 0 Å². The minimum absolute atomic E-state index is 0.169. The van der Waals surface area contributed by atoms with Crippen LogP contribution in [0.25, 0.3) is 0 Å². The van der Waals surface area contributed by atoms with Crippen molar-refractivity contribution < 1.29 is 19.8 Å². The van der Waals surface area contributed by atoms with E-state index in [0.717, 1.165) is 0 Å². The van der Waals surface area contributed by atoms with E-state index in [1.807, 2.05) is 0 Å². The van der Waals surface area contributed by atoms with Crippen LogP contribution in [0.5, 0.6) is 0 Å². The summed E-state index contributed by atoms with van der Waals surface area (Å²) >= 11 is 0. The molecule has 2 aliphatic rings. The Morgan fingerprint density at radius 3 is 1.69 bits per heavy atom. The molecule has 2 bridgehead atoms. The summed E-state index contributed by atoms with van der Waals surface area (Å²) in [5.74, 6) is -4.66. The molecule has 4 heteroatoms. The molecule has 1 saturated carbocycles. The zero-order valence-electron chi connectivity index (χ0n) is 6.80. The van der Waals surface area contributed by atoms with Gasteiger partial charge in [0, 0.05) is 23.8 Å². The lowest BCUT2D eigenvalue weighted by molar-refractivity contribution is -0.327. The van der Waals surface area contributed by atoms with Crippen molar-refractivity contribution in [2.45, 2.75) is 6.42 Å². The molecule has 13 heavy (non-hydrogen) atoms. The molecule has 4 atom stereocenters. The first-order valence-corrected chi connectivity index (χ1v) is 4.21. The average molecular weight is 180 g/mol. The summed E-state index contributed by atoms with van der Waals surface area (Å²) in [5, 5.41) is 21.3. The SMILES string of the molecule is O=C([O-])[C@@H]1[C@H](C(=O)[O-])[C@H]2C=C[C@H]1C2. The highest BCUT2D eigenvalue weighted by molar-refractivity contribution is 5.80. The molecule has 0 spiro atoms. The molecule has 0 aromatic rings. The minimum Gasteiger partial charge on any atom is -0.550 e. The van der Waals surface area contributed by atoms with Gasteiger partial charge in [-0.15, -0.1) is 0 Å². The van der Waals surface area contributed by atoms with Gasteiger partial charge in [-0.2, -0.15) is 0 Å². The van der Waals surface area contributed by atoms with Crippen LogP contribution in [-0.2, 0) is 9.59 Å². The number of rotatable bonds is 2. The van der Waals surface area contributed by atoms with Crippen LogP contribution < -0.4 is 10.2 Å². The largest absolute Gasteiger partial charge is 0.550 e. The maximum Gasteiger partial charge on any atom is 0.0457 e. The summed E-state index contributed by atoms with van der Waals surface area (Å²) < 4.78 is 0. The molecule has 0 heterocycles. The van der Waals surface area contributed by atoms with E-state index >= 15 is 0 Å². The molecular formula is C9H8O4-2. The monoisotopic (exact) mass is 180 g/mol. The molecule has 0 N–H and O–H groups in total. The summed E-state index contributed by atoms with van der Waals surface area (Å²) in [6, 6.07) is 0. The normalized spacial score (nSPS) is 40.9. The van der Waals surface area contributed by atoms with E-state index in [4.69, 9.17) is 0 Å². The number of carboxylic acids is 2. The number of carbonyl (C=O) groups excluding carboxylic acids is 2. The van der Waals surface area contributed by atoms with Gasteiger partial charge < -0.3 is 19.8 Å². The molecule has 0 aliphatic heterocycles. The first-order valence-electron chi connectivity index (χ1n) is 4.21. The lowest BCUT2D eigenvalue weighted by Gasteiger charge is -2.29. The van der Waals surface area contributed by atoms with Crippen molar-refractivity contribution in [3.8, 4) is 0 Å². The third-order valence-electron chi connectivity index (χ3n) is 3.00. The van der Waals surface area contributed by atoms with Gasteiger partial charge in [0.1, 0.15) is 0 Å². The van der Waals surface area contributed by atoms with E-state index in [-0.39, 0.29) is 11.8 Å². The summed E-state index contributed by atoms with van der Waals surface area (Å²) in [5.41, 5.74) is 0. The van der Waals surface area contributed by atoms with Crippen molar-refractivity contribution in [2.75, 3.05) is 0 Å². The molecule has 0 amide bonds. The van der Waals surface area contributed by atoms with Crippen LogP contribution in [0.3, 0.4) is 0 Å². The number of carboxylic acid groups (broad SMARTS) is 2. The first-order chi connectivity index (χ1) is 6.11. The molecule has 0 aromatic heterocycles. The van der Waals surface area contributed by atoms with Crippen LogP contribution >= 0.6 is 0 Å². The van der Waals surface area contributed by atoms with E-state index in [1.54, 1.807) is 12.2 Å². The van der Waals surface area contributed by atoms with Gasteiger partial charge in [0.25, 0.3) is 0 Å². The maximum absolute atomic E-state index is 10.7. The summed E-state index contributed by atoms with van der Waals surface area (Å²) in [6.45, 7) is 0. The van der Waals surface area contributed by atoms with E-state index in [0.29, 0.717) is 6.42 Å². The fraction of sp³-hybridized carbons (Fsp3) is 0.556. The van der Waals surface area contributed by atoms with Gasteiger partial charge in [0.2, 0.25) is 0 Å². The molecule has 0 radical (unpaired) electrons. The second-order valence-electron chi connectivity index (χ2n) is 3.64. The average Bonchev–Trinajstić information content (AvgIpc) is 2.60. The number of carbonyl (C=O) groups is 2. The second-order valence-corrected chi connectivity index (χ2v) is 3.64. The number of allylic oxidation sites excluding steroid dienone is 2. The van der Waals surface area contributed by atoms with Gasteiger partial charge in [-0.05, 0) is 18.3 Å². The lowest BCUT2D eigenvalue weighted by atomic mass is 9.83. The fourth-order valence-electron chi connectivity index (χ4n) is 2.46. The highest BCUT2D eigenvalue weighted by atomic mass is 16.4. The predicted octanol–water partition coefficient (Wildman–Crippen LogP) is -2.08. The van der Waals surface area contributed by atoms with Crippen molar-refractivity contribution in [3.05, 3.63) is 12.2 Å². The van der Waals surface area contributed by atoms with E-state index in [1.165, 1.54) is 0 Å². The van der Waals surface area contributed by atoms with Crippen LogP contribution in [0.2, 0.25) is 0 Å². The van der Waals surface area contributed by atoms with Crippen molar-refractivity contribution in [1.82, 2.24) is 0 Å². The minimum atomic E-state index is -1.27. The highest BCUT2D eigenvalue weighted by Crippen LogP contribution is 2.47. The summed E-state index contributed by atoms with van der Waals surface area (Å²) in [6.07, 6.45) is 4.15. The van der Waals surface area contributed by atoms with E-state index in [2.05, 4.69) is 0 Å². The molecule has 2 aliphatic carbocycles. The lowest BCUT2D eigenvalue weighted by Crippen LogP contribution is -2.45. The summed E-state index contributed by atoms with van der Waals surface area (Å²) in [4.78, 5) is 21.3. The second kappa shape index (κ2) is 2.58. The van der Waals surface area contributed by atoms with Gasteiger partial charge in [-0.3, -0.25) is 0 Å². The Morgan fingerprint density at radius 1 is 1.00 bits per heavy atom. The molecule has 0 saturated heterocycles. The van der Waals surface area contributed by atoms with Gasteiger partial charge >= 0.3 is 0 Å². The molecule has 0 aromatic carbocycles. The molecular weight excluding hydrogens is 172 g/mol. The van der Waals surface area contributed by atoms with E-state index in [9.17, 15) is 19.8 Å². The third-order valence-corrected chi connectivity index (χ3v) is 3.00. The number of hydrogen-bond acceptors (Lipinski definition) is 4. The van der Waals surface area contributed by atoms with Crippen LogP contribution in [0.15, 0.2) is 12.2 Å². The standard InChI is InChI=1S/C9H10O4/c10-8(11)6-4-1-2-5(3-4)7(6)9(12)13/h1-2,4-7H,3H2,(H,10,11)(H,12,13)/p-2/t4-,5-,6-,7+/m0/s1. The van der Waals surface area contributed by atoms with Crippen molar-refractivity contribution in [1.29, 1.82) is 0 Å². The molecule has 1 fully saturated rings. The Labute approximate surface area is 74.9 Å². The summed E-state index contributed by atoms with van der Waals surface area (Å²) in [7, 11) is 0. The Morgan fingerprint density at radius 2 is 1.38 bits per heavy atom. The Kier molecular flexibility index (Phi) is 1.65. The Hall–Kier alpha value is -1.32. The smallest absolute Gasteiger partial charge is 0.0457 e. The predicted molar refractivity (Wildman–Crippen MR) is 37.7 cm³/mol. The Bertz CT molecular complexity index is 266. The van der Waals surface area contributed by atoms with Crippen LogP contribution in [0, 0.1) is 23.7 Å². The number of fused-ring (bicyclic) bond motifs is 2. The third kappa shape index (κ3) is 1.05. The van der Waals surface area contributed by atoms with E-state index < -0.39 is 23.8 Å². The maximum atomic E-state index is 10.7. The van der Waals surface area contributed by atoms with Crippen molar-refractivity contribution in [2.24, 2.45) is 23.7 Å². The van der Waals surface area contributed by atoms with Gasteiger partial charge in [-0.1, -0.05) is 12.2 Å². The zero-order valence-corrected chi connectivity index (χ0v) is 6.80. The molecule has 0 unspecified atom stereocenters. The molecule has 70 valence electrons. The van der Waals surface area contributed by atoms with Crippen molar-refractivity contribution >= 4 is 11.9 Å².